The minimum Gasteiger partial charge on any atom is -0.309 e. The standard InChI is InChI=1S/C46H28N4S/c1-2-13-29(14-3-1)31-19-12-24-41(49-37-20-8-4-15-32(37)33-16-5-9-21-38(33)49)44(31)30-25-26-42-36(27-30)45-43(51-42)28-47-46(48-45)50-39-22-10-6-17-34(39)35-18-7-11-23-40(35)50/h1-28H. The van der Waals surface area contributed by atoms with Crippen molar-refractivity contribution in [3.05, 3.63) is 170 Å². The fraction of sp³-hybridized carbons (Fsp3) is 0. The molecular formula is C46H28N4S. The second-order valence-corrected chi connectivity index (χ2v) is 14.1. The molecule has 4 aromatic heterocycles. The minimum atomic E-state index is 0.681. The maximum atomic E-state index is 5.33. The maximum Gasteiger partial charge on any atom is 0.235 e. The zero-order chi connectivity index (χ0) is 33.5. The van der Waals surface area contributed by atoms with E-state index in [1.807, 2.05) is 6.20 Å². The van der Waals surface area contributed by atoms with E-state index >= 15 is 0 Å². The quantitative estimate of drug-likeness (QED) is 0.187. The number of hydrogen-bond acceptors (Lipinski definition) is 3. The number of fused-ring (bicyclic) bond motifs is 9. The lowest BCUT2D eigenvalue weighted by Crippen LogP contribution is -2.00. The van der Waals surface area contributed by atoms with Crippen LogP contribution in [-0.2, 0) is 0 Å². The topological polar surface area (TPSA) is 35.6 Å². The third kappa shape index (κ3) is 4.19. The summed E-state index contributed by atoms with van der Waals surface area (Å²) in [6.45, 7) is 0. The molecule has 0 saturated heterocycles. The van der Waals surface area contributed by atoms with Crippen molar-refractivity contribution in [2.24, 2.45) is 0 Å². The number of nitrogens with zero attached hydrogens (tertiary/aromatic N) is 4. The Morgan fingerprint density at radius 1 is 0.431 bits per heavy atom. The molecule has 0 aliphatic carbocycles. The first-order chi connectivity index (χ1) is 25.3. The van der Waals surface area contributed by atoms with Crippen molar-refractivity contribution in [2.45, 2.75) is 0 Å². The van der Waals surface area contributed by atoms with Crippen LogP contribution in [-0.4, -0.2) is 19.1 Å². The van der Waals surface area contributed by atoms with Crippen molar-refractivity contribution in [3.63, 3.8) is 0 Å². The third-order valence-corrected chi connectivity index (χ3v) is 11.3. The van der Waals surface area contributed by atoms with E-state index in [9.17, 15) is 0 Å². The molecule has 0 spiro atoms. The highest BCUT2D eigenvalue weighted by molar-refractivity contribution is 7.25. The molecule has 0 bridgehead atoms. The van der Waals surface area contributed by atoms with Crippen LogP contribution >= 0.6 is 11.3 Å². The summed E-state index contributed by atoms with van der Waals surface area (Å²) in [5, 5.41) is 6.03. The largest absolute Gasteiger partial charge is 0.309 e. The Morgan fingerprint density at radius 2 is 1.00 bits per heavy atom. The molecule has 0 atom stereocenters. The molecule has 0 aliphatic rings. The summed E-state index contributed by atoms with van der Waals surface area (Å²) in [6, 6.07) is 58.8. The van der Waals surface area contributed by atoms with Crippen LogP contribution in [0, 0.1) is 0 Å². The van der Waals surface area contributed by atoms with Gasteiger partial charge in [0.05, 0.1) is 44.2 Å². The van der Waals surface area contributed by atoms with Crippen molar-refractivity contribution in [1.82, 2.24) is 19.1 Å². The molecule has 4 nitrogen and oxygen atoms in total. The molecule has 0 saturated carbocycles. The molecule has 0 aliphatic heterocycles. The van der Waals surface area contributed by atoms with Crippen molar-refractivity contribution in [3.8, 4) is 33.9 Å². The van der Waals surface area contributed by atoms with Gasteiger partial charge in [-0.05, 0) is 59.2 Å². The molecule has 51 heavy (non-hydrogen) atoms. The number of benzene rings is 7. The molecule has 11 rings (SSSR count). The number of hydrogen-bond donors (Lipinski definition) is 0. The fourth-order valence-electron chi connectivity index (χ4n) is 8.02. The Hall–Kier alpha value is -6.56. The molecule has 11 aromatic rings. The molecule has 0 fully saturated rings. The number of para-hydroxylation sites is 4. The molecule has 7 aromatic carbocycles. The second kappa shape index (κ2) is 11.0. The molecular weight excluding hydrogens is 641 g/mol. The van der Waals surface area contributed by atoms with Gasteiger partial charge in [0.1, 0.15) is 0 Å². The van der Waals surface area contributed by atoms with E-state index in [4.69, 9.17) is 9.97 Å². The highest BCUT2D eigenvalue weighted by Gasteiger charge is 2.21. The monoisotopic (exact) mass is 668 g/mol. The number of aromatic nitrogens is 4. The fourth-order valence-corrected chi connectivity index (χ4v) is 9.02. The first-order valence-electron chi connectivity index (χ1n) is 17.2. The summed E-state index contributed by atoms with van der Waals surface area (Å²) >= 11 is 1.75. The van der Waals surface area contributed by atoms with Crippen LogP contribution in [0.2, 0.25) is 0 Å². The van der Waals surface area contributed by atoms with Crippen LogP contribution in [0.4, 0.5) is 0 Å². The summed E-state index contributed by atoms with van der Waals surface area (Å²) in [4.78, 5) is 10.3. The van der Waals surface area contributed by atoms with Crippen LogP contribution < -0.4 is 0 Å². The molecule has 238 valence electrons. The van der Waals surface area contributed by atoms with E-state index in [1.54, 1.807) is 11.3 Å². The van der Waals surface area contributed by atoms with Crippen molar-refractivity contribution in [1.29, 1.82) is 0 Å². The van der Waals surface area contributed by atoms with Crippen LogP contribution in [0.3, 0.4) is 0 Å². The predicted molar refractivity (Wildman–Crippen MR) is 214 cm³/mol. The summed E-state index contributed by atoms with van der Waals surface area (Å²) in [6.07, 6.45) is 1.99. The van der Waals surface area contributed by atoms with Gasteiger partial charge in [-0.3, -0.25) is 4.57 Å². The Morgan fingerprint density at radius 3 is 1.63 bits per heavy atom. The van der Waals surface area contributed by atoms with Gasteiger partial charge in [-0.25, -0.2) is 9.97 Å². The van der Waals surface area contributed by atoms with Gasteiger partial charge >= 0.3 is 0 Å². The van der Waals surface area contributed by atoms with E-state index in [1.165, 1.54) is 54.0 Å². The lowest BCUT2D eigenvalue weighted by Gasteiger charge is -2.18. The minimum absolute atomic E-state index is 0.681. The van der Waals surface area contributed by atoms with Gasteiger partial charge in [0.15, 0.2) is 0 Å². The average molecular weight is 669 g/mol. The van der Waals surface area contributed by atoms with Crippen LogP contribution in [0.1, 0.15) is 0 Å². The number of thiophene rings is 1. The predicted octanol–water partition coefficient (Wildman–Crippen LogP) is 12.4. The Bertz CT molecular complexity index is 3040. The van der Waals surface area contributed by atoms with Gasteiger partial charge in [0.25, 0.3) is 0 Å². The molecule has 0 unspecified atom stereocenters. The lowest BCUT2D eigenvalue weighted by molar-refractivity contribution is 1.01. The van der Waals surface area contributed by atoms with Crippen molar-refractivity contribution < 1.29 is 0 Å². The Balaban J connectivity index is 1.19. The zero-order valence-electron chi connectivity index (χ0n) is 27.4. The van der Waals surface area contributed by atoms with Gasteiger partial charge in [-0.15, -0.1) is 11.3 Å². The van der Waals surface area contributed by atoms with E-state index in [0.717, 1.165) is 37.9 Å². The van der Waals surface area contributed by atoms with Crippen LogP contribution in [0.25, 0.3) is 97.8 Å². The van der Waals surface area contributed by atoms with E-state index in [0.29, 0.717) is 5.95 Å². The van der Waals surface area contributed by atoms with E-state index in [-0.39, 0.29) is 0 Å². The van der Waals surface area contributed by atoms with Gasteiger partial charge in [0, 0.05) is 37.2 Å². The SMILES string of the molecule is c1ccc(-c2cccc(-n3c4ccccc4c4ccccc43)c2-c2ccc3sc4cnc(-n5c6ccccc6c6ccccc65)nc4c3c2)cc1. The van der Waals surface area contributed by atoms with Crippen LogP contribution in [0.5, 0.6) is 0 Å². The van der Waals surface area contributed by atoms with E-state index < -0.39 is 0 Å². The Labute approximate surface area is 297 Å². The lowest BCUT2D eigenvalue weighted by atomic mass is 9.92. The van der Waals surface area contributed by atoms with Crippen molar-refractivity contribution >= 4 is 75.3 Å². The maximum absolute atomic E-state index is 5.33. The first-order valence-corrected chi connectivity index (χ1v) is 18.0. The summed E-state index contributed by atoms with van der Waals surface area (Å²) < 4.78 is 6.90. The number of rotatable bonds is 4. The van der Waals surface area contributed by atoms with Crippen LogP contribution in [0.15, 0.2) is 170 Å². The van der Waals surface area contributed by atoms with Gasteiger partial charge in [-0.1, -0.05) is 121 Å². The first kappa shape index (κ1) is 28.3. The smallest absolute Gasteiger partial charge is 0.235 e. The van der Waals surface area contributed by atoms with E-state index in [2.05, 4.69) is 173 Å². The van der Waals surface area contributed by atoms with Crippen molar-refractivity contribution in [2.75, 3.05) is 0 Å². The highest BCUT2D eigenvalue weighted by Crippen LogP contribution is 2.43. The summed E-state index contributed by atoms with van der Waals surface area (Å²) in [5.74, 6) is 0.681. The molecule has 0 N–H and O–H groups in total. The summed E-state index contributed by atoms with van der Waals surface area (Å²) in [5.41, 5.74) is 11.4. The third-order valence-electron chi connectivity index (χ3n) is 10.2. The normalized spacial score (nSPS) is 11.9. The molecule has 0 radical (unpaired) electrons. The average Bonchev–Trinajstić information content (AvgIpc) is 3.85. The van der Waals surface area contributed by atoms with Gasteiger partial charge in [0.2, 0.25) is 5.95 Å². The molecule has 0 amide bonds. The Kier molecular flexibility index (Phi) is 6.09. The molecule has 5 heteroatoms. The second-order valence-electron chi connectivity index (χ2n) is 13.0. The summed E-state index contributed by atoms with van der Waals surface area (Å²) in [7, 11) is 0. The van der Waals surface area contributed by atoms with Gasteiger partial charge in [-0.2, -0.15) is 0 Å². The zero-order valence-corrected chi connectivity index (χ0v) is 28.2. The van der Waals surface area contributed by atoms with Gasteiger partial charge < -0.3 is 4.57 Å². The highest BCUT2D eigenvalue weighted by atomic mass is 32.1. The molecule has 4 heterocycles.